The lowest BCUT2D eigenvalue weighted by Gasteiger charge is -2.31. The van der Waals surface area contributed by atoms with E-state index >= 15 is 0 Å². The van der Waals surface area contributed by atoms with Crippen molar-refractivity contribution in [1.29, 1.82) is 0 Å². The summed E-state index contributed by atoms with van der Waals surface area (Å²) in [5.41, 5.74) is 0. The summed E-state index contributed by atoms with van der Waals surface area (Å²) in [4.78, 5) is 11.1. The Morgan fingerprint density at radius 2 is 2.18 bits per heavy atom. The van der Waals surface area contributed by atoms with Gasteiger partial charge in [-0.05, 0) is 18.8 Å². The van der Waals surface area contributed by atoms with Crippen LogP contribution in [0.4, 0.5) is 0 Å². The van der Waals surface area contributed by atoms with Gasteiger partial charge < -0.3 is 4.74 Å². The zero-order valence-corrected chi connectivity index (χ0v) is 7.46. The fourth-order valence-electron chi connectivity index (χ4n) is 1.67. The number of esters is 1. The minimum Gasteiger partial charge on any atom is -0.462 e. The summed E-state index contributed by atoms with van der Waals surface area (Å²) in [5.74, 6) is 0.621. The first-order valence-electron chi connectivity index (χ1n) is 4.35. The molecule has 3 atom stereocenters. The van der Waals surface area contributed by atoms with Crippen LogP contribution in [-0.4, -0.2) is 12.1 Å². The number of cyclic esters (lactones) is 1. The highest BCUT2D eigenvalue weighted by Gasteiger charge is 2.31. The van der Waals surface area contributed by atoms with E-state index in [0.29, 0.717) is 5.92 Å². The molecule has 1 rings (SSSR count). The van der Waals surface area contributed by atoms with Crippen molar-refractivity contribution < 1.29 is 9.53 Å². The number of ether oxygens (including phenoxy) is 1. The predicted octanol–water partition coefficient (Wildman–Crippen LogP) is 1.98. The minimum absolute atomic E-state index is 0.0186. The second-order valence-electron chi connectivity index (χ2n) is 3.50. The molecule has 1 saturated heterocycles. The van der Waals surface area contributed by atoms with Gasteiger partial charge in [-0.15, -0.1) is 0 Å². The van der Waals surface area contributed by atoms with Crippen LogP contribution >= 0.6 is 0 Å². The Hall–Kier alpha value is -0.530. The maximum atomic E-state index is 11.1. The van der Waals surface area contributed by atoms with Crippen molar-refractivity contribution in [2.75, 3.05) is 0 Å². The van der Waals surface area contributed by atoms with Crippen molar-refractivity contribution in [3.8, 4) is 0 Å². The van der Waals surface area contributed by atoms with E-state index in [0.717, 1.165) is 12.8 Å². The van der Waals surface area contributed by atoms with Crippen LogP contribution in [0.2, 0.25) is 0 Å². The summed E-state index contributed by atoms with van der Waals surface area (Å²) in [7, 11) is 0. The van der Waals surface area contributed by atoms with Crippen LogP contribution in [0, 0.1) is 11.8 Å². The van der Waals surface area contributed by atoms with E-state index in [9.17, 15) is 4.79 Å². The molecule has 64 valence electrons. The lowest BCUT2D eigenvalue weighted by atomic mass is 9.89. The van der Waals surface area contributed by atoms with Crippen molar-refractivity contribution in [3.05, 3.63) is 0 Å². The third-order valence-electron chi connectivity index (χ3n) is 2.43. The molecule has 1 heterocycles. The van der Waals surface area contributed by atoms with Gasteiger partial charge in [-0.2, -0.15) is 0 Å². The first kappa shape index (κ1) is 8.57. The topological polar surface area (TPSA) is 26.3 Å². The van der Waals surface area contributed by atoms with Gasteiger partial charge in [-0.25, -0.2) is 0 Å². The van der Waals surface area contributed by atoms with Crippen LogP contribution < -0.4 is 0 Å². The number of hydrogen-bond acceptors (Lipinski definition) is 2. The molecule has 0 aromatic rings. The molecule has 1 aliphatic rings. The number of rotatable bonds is 1. The molecule has 0 radical (unpaired) electrons. The predicted molar refractivity (Wildman–Crippen MR) is 43.1 cm³/mol. The Labute approximate surface area is 67.9 Å². The summed E-state index contributed by atoms with van der Waals surface area (Å²) >= 11 is 0. The van der Waals surface area contributed by atoms with Gasteiger partial charge >= 0.3 is 5.97 Å². The average molecular weight is 156 g/mol. The second kappa shape index (κ2) is 3.24. The molecule has 2 heteroatoms. The molecule has 11 heavy (non-hydrogen) atoms. The monoisotopic (exact) mass is 156 g/mol. The molecule has 0 spiro atoms. The van der Waals surface area contributed by atoms with E-state index in [-0.39, 0.29) is 18.0 Å². The molecule has 0 aliphatic carbocycles. The van der Waals surface area contributed by atoms with E-state index in [1.54, 1.807) is 0 Å². The van der Waals surface area contributed by atoms with Gasteiger partial charge in [0.05, 0.1) is 5.92 Å². The molecule has 1 aliphatic heterocycles. The van der Waals surface area contributed by atoms with Crippen molar-refractivity contribution >= 4 is 5.97 Å². The first-order chi connectivity index (χ1) is 5.15. The lowest BCUT2D eigenvalue weighted by Crippen LogP contribution is -2.35. The average Bonchev–Trinajstić information content (AvgIpc) is 1.97. The third kappa shape index (κ3) is 1.73. The van der Waals surface area contributed by atoms with Gasteiger partial charge in [0.15, 0.2) is 0 Å². The van der Waals surface area contributed by atoms with E-state index in [4.69, 9.17) is 4.74 Å². The first-order valence-corrected chi connectivity index (χ1v) is 4.35. The van der Waals surface area contributed by atoms with Crippen LogP contribution in [0.15, 0.2) is 0 Å². The smallest absolute Gasteiger partial charge is 0.308 e. The van der Waals surface area contributed by atoms with E-state index in [1.807, 2.05) is 6.92 Å². The maximum Gasteiger partial charge on any atom is 0.308 e. The Morgan fingerprint density at radius 3 is 2.73 bits per heavy atom. The van der Waals surface area contributed by atoms with Crippen LogP contribution in [-0.2, 0) is 9.53 Å². The Morgan fingerprint density at radius 1 is 1.55 bits per heavy atom. The van der Waals surface area contributed by atoms with E-state index in [2.05, 4.69) is 13.8 Å². The Kier molecular flexibility index (Phi) is 2.53. The van der Waals surface area contributed by atoms with Crippen LogP contribution in [0.1, 0.15) is 33.6 Å². The Balaban J connectivity index is 2.54. The van der Waals surface area contributed by atoms with Crippen LogP contribution in [0.25, 0.3) is 0 Å². The molecule has 0 amide bonds. The van der Waals surface area contributed by atoms with E-state index < -0.39 is 0 Å². The standard InChI is InChI=1S/C9H16O2/c1-4-8-6(2)5-7(3)9(10)11-8/h6-8H,4-5H2,1-3H3/t6-,7+,8-/m0/s1. The highest BCUT2D eigenvalue weighted by molar-refractivity contribution is 5.72. The molecule has 1 fully saturated rings. The second-order valence-corrected chi connectivity index (χ2v) is 3.50. The minimum atomic E-state index is -0.0186. The van der Waals surface area contributed by atoms with Gasteiger partial charge in [0.2, 0.25) is 0 Å². The summed E-state index contributed by atoms with van der Waals surface area (Å²) in [6, 6.07) is 0. The van der Waals surface area contributed by atoms with Crippen molar-refractivity contribution in [2.45, 2.75) is 39.7 Å². The lowest BCUT2D eigenvalue weighted by molar-refractivity contribution is -0.164. The molecule has 0 N–H and O–H groups in total. The summed E-state index contributed by atoms with van der Waals surface area (Å²) < 4.78 is 5.22. The largest absolute Gasteiger partial charge is 0.462 e. The van der Waals surface area contributed by atoms with E-state index in [1.165, 1.54) is 0 Å². The normalized spacial score (nSPS) is 38.5. The summed E-state index contributed by atoms with van der Waals surface area (Å²) in [5, 5.41) is 0. The molecule has 0 aromatic heterocycles. The Bertz CT molecular complexity index is 154. The highest BCUT2D eigenvalue weighted by Crippen LogP contribution is 2.26. The van der Waals surface area contributed by atoms with Crippen molar-refractivity contribution in [3.63, 3.8) is 0 Å². The number of carbonyl (C=O) groups excluding carboxylic acids is 1. The highest BCUT2D eigenvalue weighted by atomic mass is 16.5. The van der Waals surface area contributed by atoms with Gasteiger partial charge in [-0.1, -0.05) is 20.8 Å². The maximum absolute atomic E-state index is 11.1. The van der Waals surface area contributed by atoms with Gasteiger partial charge in [0.25, 0.3) is 0 Å². The summed E-state index contributed by atoms with van der Waals surface area (Å²) in [6.45, 7) is 6.15. The van der Waals surface area contributed by atoms with Crippen LogP contribution in [0.3, 0.4) is 0 Å². The van der Waals surface area contributed by atoms with Gasteiger partial charge in [0.1, 0.15) is 6.10 Å². The van der Waals surface area contributed by atoms with Gasteiger partial charge in [0, 0.05) is 0 Å². The SMILES string of the molecule is CC[C@@H]1OC(=O)[C@H](C)C[C@@H]1C. The quantitative estimate of drug-likeness (QED) is 0.543. The zero-order chi connectivity index (χ0) is 8.43. The molecule has 0 bridgehead atoms. The van der Waals surface area contributed by atoms with Gasteiger partial charge in [-0.3, -0.25) is 4.79 Å². The summed E-state index contributed by atoms with van der Waals surface area (Å²) in [6.07, 6.45) is 2.09. The van der Waals surface area contributed by atoms with Crippen molar-refractivity contribution in [2.24, 2.45) is 11.8 Å². The third-order valence-corrected chi connectivity index (χ3v) is 2.43. The molecular weight excluding hydrogens is 140 g/mol. The van der Waals surface area contributed by atoms with Crippen LogP contribution in [0.5, 0.6) is 0 Å². The number of carbonyl (C=O) groups is 1. The fourth-order valence-corrected chi connectivity index (χ4v) is 1.67. The molecule has 0 saturated carbocycles. The molecule has 0 unspecified atom stereocenters. The van der Waals surface area contributed by atoms with Crippen molar-refractivity contribution in [1.82, 2.24) is 0 Å². The fraction of sp³-hybridized carbons (Fsp3) is 0.889. The molecule has 0 aromatic carbocycles. The molecular formula is C9H16O2. The zero-order valence-electron chi connectivity index (χ0n) is 7.46. The molecule has 2 nitrogen and oxygen atoms in total. The number of hydrogen-bond donors (Lipinski definition) is 0.